The molecule has 0 bridgehead atoms. The molecule has 0 amide bonds. The minimum absolute atomic E-state index is 0.101. The Balaban J connectivity index is 1.84. The molecule has 2 aromatic carbocycles. The molecule has 0 radical (unpaired) electrons. The lowest BCUT2D eigenvalue weighted by Crippen LogP contribution is -2.18. The van der Waals surface area contributed by atoms with E-state index in [9.17, 15) is 8.42 Å². The van der Waals surface area contributed by atoms with Gasteiger partial charge >= 0.3 is 6.01 Å². The van der Waals surface area contributed by atoms with E-state index in [1.54, 1.807) is 17.0 Å². The SMILES string of the molecule is COc1nc2c(S(N)(=O)=O)cccc2n1-c1nnc(N(C)C)c(NCc2ccccc2)n1. The van der Waals surface area contributed by atoms with Gasteiger partial charge in [0.1, 0.15) is 10.4 Å². The maximum atomic E-state index is 12.0. The van der Waals surface area contributed by atoms with Crippen molar-refractivity contribution in [3.8, 4) is 12.0 Å². The van der Waals surface area contributed by atoms with Crippen LogP contribution in [0, 0.1) is 0 Å². The Labute approximate surface area is 184 Å². The predicted octanol–water partition coefficient (Wildman–Crippen LogP) is 1.54. The first-order valence-electron chi connectivity index (χ1n) is 9.58. The molecule has 0 saturated carbocycles. The van der Waals surface area contributed by atoms with E-state index >= 15 is 0 Å². The first-order chi connectivity index (χ1) is 15.3. The van der Waals surface area contributed by atoms with Gasteiger partial charge in [-0.2, -0.15) is 9.97 Å². The van der Waals surface area contributed by atoms with Crippen molar-refractivity contribution in [2.45, 2.75) is 11.4 Å². The van der Waals surface area contributed by atoms with Gasteiger partial charge in [-0.1, -0.05) is 36.4 Å². The molecule has 11 nitrogen and oxygen atoms in total. The van der Waals surface area contributed by atoms with Crippen molar-refractivity contribution in [3.05, 3.63) is 54.1 Å². The number of sulfonamides is 1. The van der Waals surface area contributed by atoms with Crippen LogP contribution in [0.25, 0.3) is 17.0 Å². The summed E-state index contributed by atoms with van der Waals surface area (Å²) in [5.41, 5.74) is 1.65. The molecule has 0 aliphatic carbocycles. The van der Waals surface area contributed by atoms with Crippen LogP contribution in [-0.2, 0) is 16.6 Å². The molecule has 0 saturated heterocycles. The fraction of sp³-hybridized carbons (Fsp3) is 0.200. The van der Waals surface area contributed by atoms with Crippen LogP contribution < -0.4 is 20.1 Å². The number of primary sulfonamides is 1. The van der Waals surface area contributed by atoms with Gasteiger partial charge in [-0.05, 0) is 17.7 Å². The number of rotatable bonds is 7. The molecule has 2 heterocycles. The van der Waals surface area contributed by atoms with Crippen molar-refractivity contribution in [2.24, 2.45) is 5.14 Å². The monoisotopic (exact) mass is 454 g/mol. The third kappa shape index (κ3) is 4.05. The second-order valence-electron chi connectivity index (χ2n) is 7.12. The minimum Gasteiger partial charge on any atom is -0.468 e. The summed E-state index contributed by atoms with van der Waals surface area (Å²) in [5.74, 6) is 1.20. The van der Waals surface area contributed by atoms with Gasteiger partial charge in [0, 0.05) is 20.6 Å². The van der Waals surface area contributed by atoms with Crippen molar-refractivity contribution >= 4 is 32.7 Å². The maximum absolute atomic E-state index is 12.0. The number of ether oxygens (including phenoxy) is 1. The van der Waals surface area contributed by atoms with E-state index in [1.807, 2.05) is 44.4 Å². The largest absolute Gasteiger partial charge is 0.468 e. The number of para-hydroxylation sites is 1. The highest BCUT2D eigenvalue weighted by Gasteiger charge is 2.23. The summed E-state index contributed by atoms with van der Waals surface area (Å²) in [5, 5.41) is 17.2. The highest BCUT2D eigenvalue weighted by atomic mass is 32.2. The Hall–Kier alpha value is -3.77. The van der Waals surface area contributed by atoms with Gasteiger partial charge in [-0.3, -0.25) is 0 Å². The molecule has 0 aliphatic heterocycles. The second-order valence-corrected chi connectivity index (χ2v) is 8.65. The zero-order chi connectivity index (χ0) is 22.9. The molecular weight excluding hydrogens is 432 g/mol. The van der Waals surface area contributed by atoms with Crippen molar-refractivity contribution in [3.63, 3.8) is 0 Å². The highest BCUT2D eigenvalue weighted by molar-refractivity contribution is 7.89. The van der Waals surface area contributed by atoms with Crippen LogP contribution in [0.2, 0.25) is 0 Å². The van der Waals surface area contributed by atoms with Gasteiger partial charge in [-0.15, -0.1) is 10.2 Å². The van der Waals surface area contributed by atoms with E-state index in [0.29, 0.717) is 23.7 Å². The number of nitrogens with one attached hydrogen (secondary N) is 1. The predicted molar refractivity (Wildman–Crippen MR) is 120 cm³/mol. The van der Waals surface area contributed by atoms with Crippen LogP contribution >= 0.6 is 0 Å². The zero-order valence-corrected chi connectivity index (χ0v) is 18.5. The molecule has 0 fully saturated rings. The summed E-state index contributed by atoms with van der Waals surface area (Å²) >= 11 is 0. The number of nitrogens with two attached hydrogens (primary N) is 1. The van der Waals surface area contributed by atoms with E-state index < -0.39 is 10.0 Å². The standard InChI is InChI=1S/C20H22N8O3S/c1-27(2)18-17(22-12-13-8-5-4-6-9-13)24-19(26-25-18)28-14-10-7-11-15(32(21,29)30)16(14)23-20(28)31-3/h4-11H,12H2,1-3H3,(H2,21,29,30)(H,22,24,26). The number of methoxy groups -OCH3 is 1. The molecule has 32 heavy (non-hydrogen) atoms. The van der Waals surface area contributed by atoms with Crippen LogP contribution in [0.3, 0.4) is 0 Å². The maximum Gasteiger partial charge on any atom is 0.304 e. The van der Waals surface area contributed by atoms with Crippen molar-refractivity contribution < 1.29 is 13.2 Å². The third-order valence-electron chi connectivity index (χ3n) is 4.69. The summed E-state index contributed by atoms with van der Waals surface area (Å²) in [6, 6.07) is 14.6. The summed E-state index contributed by atoms with van der Waals surface area (Å²) in [4.78, 5) is 10.6. The average molecular weight is 455 g/mol. The van der Waals surface area contributed by atoms with Crippen LogP contribution in [0.1, 0.15) is 5.56 Å². The van der Waals surface area contributed by atoms with Crippen molar-refractivity contribution in [1.82, 2.24) is 24.7 Å². The summed E-state index contributed by atoms with van der Waals surface area (Å²) < 4.78 is 30.9. The number of fused-ring (bicyclic) bond motifs is 1. The van der Waals surface area contributed by atoms with E-state index in [2.05, 4.69) is 25.5 Å². The molecule has 166 valence electrons. The number of hydrogen-bond acceptors (Lipinski definition) is 9. The molecule has 4 aromatic rings. The van der Waals surface area contributed by atoms with Crippen molar-refractivity contribution in [2.75, 3.05) is 31.4 Å². The zero-order valence-electron chi connectivity index (χ0n) is 17.7. The minimum atomic E-state index is -4.00. The summed E-state index contributed by atoms with van der Waals surface area (Å²) in [6.45, 7) is 0.525. The van der Waals surface area contributed by atoms with E-state index in [-0.39, 0.29) is 22.4 Å². The highest BCUT2D eigenvalue weighted by Crippen LogP contribution is 2.29. The van der Waals surface area contributed by atoms with Crippen LogP contribution in [0.5, 0.6) is 6.01 Å². The van der Waals surface area contributed by atoms with E-state index in [4.69, 9.17) is 9.88 Å². The molecule has 0 spiro atoms. The molecule has 3 N–H and O–H groups in total. The lowest BCUT2D eigenvalue weighted by molar-refractivity contribution is 0.373. The van der Waals surface area contributed by atoms with Crippen LogP contribution in [0.4, 0.5) is 11.6 Å². The van der Waals surface area contributed by atoms with Gasteiger partial charge < -0.3 is 15.0 Å². The lowest BCUT2D eigenvalue weighted by atomic mass is 10.2. The topological polar surface area (TPSA) is 141 Å². The number of anilines is 2. The van der Waals surface area contributed by atoms with Crippen LogP contribution in [-0.4, -0.2) is 54.4 Å². The fourth-order valence-corrected chi connectivity index (χ4v) is 3.91. The summed E-state index contributed by atoms with van der Waals surface area (Å²) in [7, 11) is 1.10. The van der Waals surface area contributed by atoms with Gasteiger partial charge in [-0.25, -0.2) is 18.1 Å². The first kappa shape index (κ1) is 21.5. The van der Waals surface area contributed by atoms with Crippen molar-refractivity contribution in [1.29, 1.82) is 0 Å². The molecule has 0 atom stereocenters. The van der Waals surface area contributed by atoms with Crippen LogP contribution in [0.15, 0.2) is 53.4 Å². The summed E-state index contributed by atoms with van der Waals surface area (Å²) in [6.07, 6.45) is 0. The Kier molecular flexibility index (Phi) is 5.63. The molecular formula is C20H22N8O3S. The Morgan fingerprint density at radius 1 is 1.06 bits per heavy atom. The number of aromatic nitrogens is 5. The Morgan fingerprint density at radius 3 is 2.47 bits per heavy atom. The molecule has 4 rings (SSSR count). The molecule has 0 aliphatic rings. The molecule has 0 unspecified atom stereocenters. The second kappa shape index (κ2) is 8.40. The first-order valence-corrected chi connectivity index (χ1v) is 11.1. The van der Waals surface area contributed by atoms with Gasteiger partial charge in [0.25, 0.3) is 5.95 Å². The quantitative estimate of drug-likeness (QED) is 0.425. The number of benzene rings is 2. The Bertz CT molecular complexity index is 1370. The number of imidazole rings is 1. The normalized spacial score (nSPS) is 11.5. The molecule has 12 heteroatoms. The Morgan fingerprint density at radius 2 is 1.81 bits per heavy atom. The fourth-order valence-electron chi connectivity index (χ4n) is 3.22. The average Bonchev–Trinajstić information content (AvgIpc) is 3.16. The number of hydrogen-bond donors (Lipinski definition) is 2. The van der Waals surface area contributed by atoms with E-state index in [0.717, 1.165) is 5.56 Å². The number of nitrogens with zero attached hydrogens (tertiary/aromatic N) is 6. The smallest absolute Gasteiger partial charge is 0.304 e. The van der Waals surface area contributed by atoms with Gasteiger partial charge in [0.15, 0.2) is 11.6 Å². The lowest BCUT2D eigenvalue weighted by Gasteiger charge is -2.17. The molecule has 2 aromatic heterocycles. The van der Waals surface area contributed by atoms with Gasteiger partial charge in [0.2, 0.25) is 10.0 Å². The third-order valence-corrected chi connectivity index (χ3v) is 5.63. The van der Waals surface area contributed by atoms with E-state index in [1.165, 1.54) is 17.7 Å². The van der Waals surface area contributed by atoms with Gasteiger partial charge in [0.05, 0.1) is 12.6 Å².